The summed E-state index contributed by atoms with van der Waals surface area (Å²) in [6, 6.07) is 16.3. The van der Waals surface area contributed by atoms with Crippen LogP contribution in [0.2, 0.25) is 0 Å². The zero-order chi connectivity index (χ0) is 20.5. The van der Waals surface area contributed by atoms with Gasteiger partial charge in [-0.3, -0.25) is 19.7 Å². The standard InChI is InChI=1S/C21H16N4O4/c1-13-16(20(28)25(23-13)15-10-6-3-7-11-15)12-17-18(26)22-21(29)24(19(17)27)14-8-4-2-5-9-14/h2-12,16H,1H3,(H,22,26,29). The van der Waals surface area contributed by atoms with Crippen molar-refractivity contribution in [3.63, 3.8) is 0 Å². The second-order valence-electron chi connectivity index (χ2n) is 6.52. The highest BCUT2D eigenvalue weighted by Crippen LogP contribution is 2.27. The molecule has 2 heterocycles. The molecular weight excluding hydrogens is 372 g/mol. The summed E-state index contributed by atoms with van der Waals surface area (Å²) in [4.78, 5) is 51.2. The number of rotatable bonds is 3. The number of amides is 5. The number of benzene rings is 2. The fourth-order valence-electron chi connectivity index (χ4n) is 3.18. The van der Waals surface area contributed by atoms with Gasteiger partial charge in [-0.2, -0.15) is 10.1 Å². The Balaban J connectivity index is 1.67. The van der Waals surface area contributed by atoms with Crippen LogP contribution in [0, 0.1) is 5.92 Å². The zero-order valence-electron chi connectivity index (χ0n) is 15.4. The first kappa shape index (κ1) is 18.3. The molecule has 1 unspecified atom stereocenters. The van der Waals surface area contributed by atoms with Crippen molar-refractivity contribution in [2.45, 2.75) is 6.92 Å². The average molecular weight is 388 g/mol. The number of hydrogen-bond acceptors (Lipinski definition) is 5. The van der Waals surface area contributed by atoms with E-state index >= 15 is 0 Å². The number of para-hydroxylation sites is 2. The molecule has 1 N–H and O–H groups in total. The summed E-state index contributed by atoms with van der Waals surface area (Å²) in [6.07, 6.45) is 1.27. The van der Waals surface area contributed by atoms with E-state index in [0.29, 0.717) is 17.1 Å². The van der Waals surface area contributed by atoms with Crippen LogP contribution in [0.5, 0.6) is 0 Å². The van der Waals surface area contributed by atoms with Crippen LogP contribution in [0.25, 0.3) is 0 Å². The maximum Gasteiger partial charge on any atom is 0.335 e. The van der Waals surface area contributed by atoms with E-state index in [9.17, 15) is 19.2 Å². The molecule has 0 saturated carbocycles. The summed E-state index contributed by atoms with van der Waals surface area (Å²) < 4.78 is 0. The van der Waals surface area contributed by atoms with Gasteiger partial charge in [-0.25, -0.2) is 9.69 Å². The molecule has 2 aromatic rings. The molecule has 5 amide bonds. The van der Waals surface area contributed by atoms with Gasteiger partial charge in [0.25, 0.3) is 17.7 Å². The molecule has 1 atom stereocenters. The number of anilines is 2. The van der Waals surface area contributed by atoms with Crippen LogP contribution >= 0.6 is 0 Å². The van der Waals surface area contributed by atoms with Crippen molar-refractivity contribution in [1.29, 1.82) is 0 Å². The van der Waals surface area contributed by atoms with Crippen molar-refractivity contribution in [3.8, 4) is 0 Å². The van der Waals surface area contributed by atoms with Gasteiger partial charge in [0.1, 0.15) is 5.57 Å². The third-order valence-corrected chi connectivity index (χ3v) is 4.63. The summed E-state index contributed by atoms with van der Waals surface area (Å²) in [5.74, 6) is -2.90. The molecule has 2 aromatic carbocycles. The first-order valence-corrected chi connectivity index (χ1v) is 8.88. The van der Waals surface area contributed by atoms with Crippen molar-refractivity contribution in [2.75, 3.05) is 9.91 Å². The first-order valence-electron chi connectivity index (χ1n) is 8.88. The highest BCUT2D eigenvalue weighted by Gasteiger charge is 2.40. The lowest BCUT2D eigenvalue weighted by Gasteiger charge is -2.26. The lowest BCUT2D eigenvalue weighted by atomic mass is 9.98. The molecule has 0 aromatic heterocycles. The summed E-state index contributed by atoms with van der Waals surface area (Å²) in [6.45, 7) is 1.65. The number of nitrogens with one attached hydrogen (secondary N) is 1. The van der Waals surface area contributed by atoms with Crippen LogP contribution in [0.15, 0.2) is 77.4 Å². The first-order chi connectivity index (χ1) is 14.0. The Labute approximate surface area is 166 Å². The second-order valence-corrected chi connectivity index (χ2v) is 6.52. The molecule has 2 aliphatic rings. The SMILES string of the molecule is CC1=NN(c2ccccc2)C(=O)C1C=C1C(=O)NC(=O)N(c2ccccc2)C1=O. The maximum atomic E-state index is 12.9. The van der Waals surface area contributed by atoms with Gasteiger partial charge >= 0.3 is 6.03 Å². The predicted octanol–water partition coefficient (Wildman–Crippen LogP) is 2.23. The third kappa shape index (κ3) is 3.20. The van der Waals surface area contributed by atoms with E-state index in [-0.39, 0.29) is 11.5 Å². The molecular formula is C21H16N4O4. The van der Waals surface area contributed by atoms with E-state index in [0.717, 1.165) is 4.90 Å². The lowest BCUT2D eigenvalue weighted by Crippen LogP contribution is -2.54. The maximum absolute atomic E-state index is 12.9. The highest BCUT2D eigenvalue weighted by molar-refractivity contribution is 6.38. The summed E-state index contributed by atoms with van der Waals surface area (Å²) in [5.41, 5.74) is 1.06. The minimum absolute atomic E-state index is 0.281. The van der Waals surface area contributed by atoms with E-state index in [1.54, 1.807) is 61.5 Å². The Morgan fingerprint density at radius 3 is 2.10 bits per heavy atom. The van der Waals surface area contributed by atoms with Crippen LogP contribution in [0.4, 0.5) is 16.2 Å². The van der Waals surface area contributed by atoms with Gasteiger partial charge in [-0.15, -0.1) is 0 Å². The quantitative estimate of drug-likeness (QED) is 0.644. The molecule has 1 fully saturated rings. The number of imide groups is 2. The van der Waals surface area contributed by atoms with E-state index < -0.39 is 23.8 Å². The smallest absolute Gasteiger partial charge is 0.273 e. The second kappa shape index (κ2) is 7.16. The van der Waals surface area contributed by atoms with Gasteiger partial charge < -0.3 is 0 Å². The fraction of sp³-hybridized carbons (Fsp3) is 0.0952. The van der Waals surface area contributed by atoms with Gasteiger partial charge in [-0.05, 0) is 37.3 Å². The number of urea groups is 1. The molecule has 8 heteroatoms. The van der Waals surface area contributed by atoms with Crippen LogP contribution in [0.3, 0.4) is 0 Å². The van der Waals surface area contributed by atoms with Crippen LogP contribution < -0.4 is 15.2 Å². The fourth-order valence-corrected chi connectivity index (χ4v) is 3.18. The minimum atomic E-state index is -0.884. The van der Waals surface area contributed by atoms with Crippen molar-refractivity contribution >= 4 is 40.8 Å². The van der Waals surface area contributed by atoms with E-state index in [4.69, 9.17) is 0 Å². The summed E-state index contributed by atoms with van der Waals surface area (Å²) in [5, 5.41) is 7.65. The number of barbiturate groups is 1. The highest BCUT2D eigenvalue weighted by atomic mass is 16.2. The van der Waals surface area contributed by atoms with Crippen LogP contribution in [-0.2, 0) is 14.4 Å². The molecule has 1 saturated heterocycles. The normalized spacial score (nSPS) is 20.9. The van der Waals surface area contributed by atoms with E-state index in [1.165, 1.54) is 11.1 Å². The molecule has 29 heavy (non-hydrogen) atoms. The van der Waals surface area contributed by atoms with Gasteiger partial charge in [0.05, 0.1) is 23.0 Å². The Bertz CT molecular complexity index is 1080. The zero-order valence-corrected chi connectivity index (χ0v) is 15.4. The molecule has 4 rings (SSSR count). The molecule has 144 valence electrons. The van der Waals surface area contributed by atoms with Crippen LogP contribution in [0.1, 0.15) is 6.92 Å². The number of hydrazone groups is 1. The molecule has 2 aliphatic heterocycles. The Morgan fingerprint density at radius 2 is 1.48 bits per heavy atom. The van der Waals surface area contributed by atoms with Crippen molar-refractivity contribution in [3.05, 3.63) is 72.3 Å². The van der Waals surface area contributed by atoms with E-state index in [1.807, 2.05) is 6.07 Å². The molecule has 0 bridgehead atoms. The van der Waals surface area contributed by atoms with Crippen LogP contribution in [-0.4, -0.2) is 29.5 Å². The number of carbonyl (C=O) groups is 4. The largest absolute Gasteiger partial charge is 0.335 e. The Hall–Kier alpha value is -4.07. The molecule has 0 spiro atoms. The number of hydrogen-bond donors (Lipinski definition) is 1. The van der Waals surface area contributed by atoms with Gasteiger partial charge in [0, 0.05) is 0 Å². The van der Waals surface area contributed by atoms with Crippen molar-refractivity contribution < 1.29 is 19.2 Å². The topological polar surface area (TPSA) is 99.2 Å². The third-order valence-electron chi connectivity index (χ3n) is 4.63. The van der Waals surface area contributed by atoms with E-state index in [2.05, 4.69) is 10.4 Å². The monoisotopic (exact) mass is 388 g/mol. The molecule has 0 radical (unpaired) electrons. The number of nitrogens with zero attached hydrogens (tertiary/aromatic N) is 3. The Kier molecular flexibility index (Phi) is 4.52. The molecule has 0 aliphatic carbocycles. The predicted molar refractivity (Wildman–Crippen MR) is 106 cm³/mol. The van der Waals surface area contributed by atoms with Gasteiger partial charge in [-0.1, -0.05) is 36.4 Å². The van der Waals surface area contributed by atoms with Crippen molar-refractivity contribution in [2.24, 2.45) is 11.0 Å². The average Bonchev–Trinajstić information content (AvgIpc) is 3.00. The minimum Gasteiger partial charge on any atom is -0.273 e. The van der Waals surface area contributed by atoms with Gasteiger partial charge in [0.2, 0.25) is 0 Å². The van der Waals surface area contributed by atoms with Crippen molar-refractivity contribution in [1.82, 2.24) is 5.32 Å². The lowest BCUT2D eigenvalue weighted by molar-refractivity contribution is -0.122. The molecule has 8 nitrogen and oxygen atoms in total. The number of carbonyl (C=O) groups excluding carboxylic acids is 4. The Morgan fingerprint density at radius 1 is 0.897 bits per heavy atom. The van der Waals surface area contributed by atoms with Gasteiger partial charge in [0.15, 0.2) is 0 Å². The summed E-state index contributed by atoms with van der Waals surface area (Å²) >= 11 is 0. The summed E-state index contributed by atoms with van der Waals surface area (Å²) in [7, 11) is 0.